The molecule has 1 atom stereocenters. The van der Waals surface area contributed by atoms with Crippen molar-refractivity contribution in [3.05, 3.63) is 70.4 Å². The molecule has 1 heterocycles. The SMILES string of the molecule is O=C(O)c1ccc(Cl)cc1N(c1nsnc1Cc1ccccc1)S(=O)[O-]. The summed E-state index contributed by atoms with van der Waals surface area (Å²) in [6, 6.07) is 13.2. The molecule has 1 unspecified atom stereocenters. The Bertz CT molecular complexity index is 965. The number of aromatic nitrogens is 2. The van der Waals surface area contributed by atoms with Gasteiger partial charge in [0.2, 0.25) is 0 Å². The maximum absolute atomic E-state index is 11.9. The lowest BCUT2D eigenvalue weighted by atomic mass is 10.1. The van der Waals surface area contributed by atoms with E-state index in [-0.39, 0.29) is 22.1 Å². The number of nitrogens with zero attached hydrogens (tertiary/aromatic N) is 3. The maximum atomic E-state index is 11.9. The second-order valence-electron chi connectivity index (χ2n) is 5.18. The summed E-state index contributed by atoms with van der Waals surface area (Å²) in [4.78, 5) is 11.5. The molecule has 0 aliphatic carbocycles. The summed E-state index contributed by atoms with van der Waals surface area (Å²) in [5.41, 5.74) is 1.03. The van der Waals surface area contributed by atoms with Gasteiger partial charge in [-0.3, -0.25) is 8.51 Å². The molecule has 134 valence electrons. The Balaban J connectivity index is 2.09. The van der Waals surface area contributed by atoms with E-state index < -0.39 is 17.2 Å². The Kier molecular flexibility index (Phi) is 5.62. The molecule has 10 heteroatoms. The zero-order valence-corrected chi connectivity index (χ0v) is 15.4. The van der Waals surface area contributed by atoms with Gasteiger partial charge in [-0.2, -0.15) is 8.75 Å². The van der Waals surface area contributed by atoms with Crippen molar-refractivity contribution in [3.63, 3.8) is 0 Å². The number of carbonyl (C=O) groups is 1. The first-order valence-electron chi connectivity index (χ1n) is 7.25. The largest absolute Gasteiger partial charge is 0.755 e. The smallest absolute Gasteiger partial charge is 0.337 e. The van der Waals surface area contributed by atoms with Crippen molar-refractivity contribution in [1.82, 2.24) is 8.75 Å². The Morgan fingerprint density at radius 2 is 1.96 bits per heavy atom. The number of rotatable bonds is 6. The second-order valence-corrected chi connectivity index (χ2v) is 6.94. The van der Waals surface area contributed by atoms with E-state index >= 15 is 0 Å². The molecule has 0 amide bonds. The summed E-state index contributed by atoms with van der Waals surface area (Å²) < 4.78 is 32.9. The molecule has 3 aromatic rings. The Morgan fingerprint density at radius 3 is 2.62 bits per heavy atom. The molecule has 0 fully saturated rings. The average Bonchev–Trinajstić information content (AvgIpc) is 3.03. The van der Waals surface area contributed by atoms with Crippen LogP contribution in [0.25, 0.3) is 0 Å². The number of aromatic carboxylic acids is 1. The lowest BCUT2D eigenvalue weighted by Crippen LogP contribution is -2.23. The van der Waals surface area contributed by atoms with Crippen LogP contribution in [0.15, 0.2) is 48.5 Å². The highest BCUT2D eigenvalue weighted by atomic mass is 35.5. The summed E-state index contributed by atoms with van der Waals surface area (Å²) in [5, 5.41) is 9.59. The van der Waals surface area contributed by atoms with Gasteiger partial charge in [-0.15, -0.1) is 0 Å². The zero-order chi connectivity index (χ0) is 18.7. The number of anilines is 2. The molecule has 0 radical (unpaired) electrons. The van der Waals surface area contributed by atoms with E-state index in [0.29, 0.717) is 12.1 Å². The van der Waals surface area contributed by atoms with Crippen molar-refractivity contribution in [3.8, 4) is 0 Å². The first-order valence-corrected chi connectivity index (χ1v) is 9.39. The normalized spacial score (nSPS) is 11.9. The van der Waals surface area contributed by atoms with Crippen LogP contribution >= 0.6 is 23.3 Å². The Hall–Kier alpha value is -2.33. The minimum Gasteiger partial charge on any atom is -0.755 e. The molecule has 1 aromatic heterocycles. The van der Waals surface area contributed by atoms with Crippen LogP contribution < -0.4 is 4.31 Å². The molecule has 0 saturated heterocycles. The summed E-state index contributed by atoms with van der Waals surface area (Å²) in [5.74, 6) is -1.23. The molecule has 1 N–H and O–H groups in total. The van der Waals surface area contributed by atoms with Crippen molar-refractivity contribution in [1.29, 1.82) is 0 Å². The van der Waals surface area contributed by atoms with E-state index in [0.717, 1.165) is 21.6 Å². The van der Waals surface area contributed by atoms with E-state index in [1.165, 1.54) is 18.2 Å². The molecule has 0 saturated carbocycles. The van der Waals surface area contributed by atoms with Crippen LogP contribution in [0.3, 0.4) is 0 Å². The minimum absolute atomic E-state index is 0.0527. The third-order valence-electron chi connectivity index (χ3n) is 3.50. The lowest BCUT2D eigenvalue weighted by molar-refractivity contribution is 0.0698. The highest BCUT2D eigenvalue weighted by Gasteiger charge is 2.24. The molecule has 2 aromatic carbocycles. The van der Waals surface area contributed by atoms with Crippen molar-refractivity contribution in [2.24, 2.45) is 0 Å². The van der Waals surface area contributed by atoms with Gasteiger partial charge in [0.1, 0.15) is 5.69 Å². The molecule has 0 spiro atoms. The first kappa shape index (κ1) is 18.5. The van der Waals surface area contributed by atoms with Crippen LogP contribution in [-0.2, 0) is 17.7 Å². The number of halogens is 1. The average molecular weight is 409 g/mol. The van der Waals surface area contributed by atoms with Gasteiger partial charge in [0.15, 0.2) is 5.82 Å². The van der Waals surface area contributed by atoms with E-state index in [1.807, 2.05) is 30.3 Å². The predicted octanol–water partition coefficient (Wildman–Crippen LogP) is 3.41. The van der Waals surface area contributed by atoms with Crippen LogP contribution in [0.4, 0.5) is 11.5 Å². The lowest BCUT2D eigenvalue weighted by Gasteiger charge is -2.26. The number of benzene rings is 2. The first-order chi connectivity index (χ1) is 12.5. The molecule has 3 rings (SSSR count). The van der Waals surface area contributed by atoms with E-state index in [1.54, 1.807) is 0 Å². The quantitative estimate of drug-likeness (QED) is 0.626. The number of carboxylic acids is 1. The van der Waals surface area contributed by atoms with Gasteiger partial charge < -0.3 is 9.66 Å². The molecule has 7 nitrogen and oxygen atoms in total. The summed E-state index contributed by atoms with van der Waals surface area (Å²) in [6.07, 6.45) is 0.351. The fourth-order valence-electron chi connectivity index (χ4n) is 2.38. The van der Waals surface area contributed by atoms with Gasteiger partial charge >= 0.3 is 5.97 Å². The van der Waals surface area contributed by atoms with Crippen molar-refractivity contribution in [2.75, 3.05) is 4.31 Å². The van der Waals surface area contributed by atoms with Gasteiger partial charge in [0.05, 0.1) is 34.2 Å². The van der Waals surface area contributed by atoms with Gasteiger partial charge in [-0.25, -0.2) is 4.79 Å². The standard InChI is InChI=1S/C16H12ClN3O4S2/c17-11-6-7-12(16(21)22)14(9-11)20(26(23)24)15-13(18-25-19-15)8-10-4-2-1-3-5-10/h1-7,9H,8H2,(H,21,22)(H,23,24)/p-1. The highest BCUT2D eigenvalue weighted by molar-refractivity contribution is 7.81. The van der Waals surface area contributed by atoms with Crippen molar-refractivity contribution in [2.45, 2.75) is 6.42 Å². The fraction of sp³-hybridized carbons (Fsp3) is 0.0625. The van der Waals surface area contributed by atoms with Gasteiger partial charge in [0, 0.05) is 11.4 Å². The number of carboxylic acid groups (broad SMARTS) is 1. The van der Waals surface area contributed by atoms with Crippen molar-refractivity contribution < 1.29 is 18.7 Å². The van der Waals surface area contributed by atoms with Gasteiger partial charge in [0.25, 0.3) is 0 Å². The third kappa shape index (κ3) is 3.91. The number of hydrogen-bond acceptors (Lipinski definition) is 6. The second kappa shape index (κ2) is 7.92. The van der Waals surface area contributed by atoms with Crippen LogP contribution in [-0.4, -0.2) is 28.6 Å². The van der Waals surface area contributed by atoms with Crippen LogP contribution in [0.1, 0.15) is 21.6 Å². The molecule has 26 heavy (non-hydrogen) atoms. The fourth-order valence-corrected chi connectivity index (χ4v) is 3.74. The molecular weight excluding hydrogens is 398 g/mol. The van der Waals surface area contributed by atoms with Crippen molar-refractivity contribution >= 4 is 52.1 Å². The summed E-state index contributed by atoms with van der Waals surface area (Å²) >= 11 is 3.97. The van der Waals surface area contributed by atoms with Crippen LogP contribution in [0.2, 0.25) is 5.02 Å². The van der Waals surface area contributed by atoms with Crippen LogP contribution in [0.5, 0.6) is 0 Å². The topological polar surface area (TPSA) is 106 Å². The Morgan fingerprint density at radius 1 is 1.23 bits per heavy atom. The monoisotopic (exact) mass is 408 g/mol. The molecule has 0 aliphatic heterocycles. The Labute approximate surface area is 160 Å². The van der Waals surface area contributed by atoms with E-state index in [2.05, 4.69) is 8.75 Å². The third-order valence-corrected chi connectivity index (χ3v) is 4.96. The number of hydrogen-bond donors (Lipinski definition) is 1. The summed E-state index contributed by atoms with van der Waals surface area (Å²) in [6.45, 7) is 0. The maximum Gasteiger partial charge on any atom is 0.337 e. The van der Waals surface area contributed by atoms with Crippen LogP contribution in [0, 0.1) is 0 Å². The van der Waals surface area contributed by atoms with Gasteiger partial charge in [-0.1, -0.05) is 41.9 Å². The molecule has 0 aliphatic rings. The molecular formula is C16H11ClN3O4S2-. The minimum atomic E-state index is -2.82. The molecule has 0 bridgehead atoms. The summed E-state index contributed by atoms with van der Waals surface area (Å²) in [7, 11) is 0. The van der Waals surface area contributed by atoms with Gasteiger partial charge in [-0.05, 0) is 23.8 Å². The zero-order valence-electron chi connectivity index (χ0n) is 13.0. The highest BCUT2D eigenvalue weighted by Crippen LogP contribution is 2.34. The van der Waals surface area contributed by atoms with E-state index in [9.17, 15) is 18.7 Å². The predicted molar refractivity (Wildman–Crippen MR) is 98.6 cm³/mol. The van der Waals surface area contributed by atoms with E-state index in [4.69, 9.17) is 11.6 Å².